The van der Waals surface area contributed by atoms with Gasteiger partial charge in [-0.05, 0) is 25.7 Å². The zero-order chi connectivity index (χ0) is 11.7. The third-order valence-electron chi connectivity index (χ3n) is 3.81. The van der Waals surface area contributed by atoms with Crippen LogP contribution in [0.1, 0.15) is 62.6 Å². The largest absolute Gasteiger partial charge is 0.339 e. The van der Waals surface area contributed by atoms with Crippen LogP contribution >= 0.6 is 0 Å². The van der Waals surface area contributed by atoms with Crippen LogP contribution in [-0.4, -0.2) is 15.9 Å². The van der Waals surface area contributed by atoms with Gasteiger partial charge in [0.05, 0.1) is 6.42 Å². The highest BCUT2D eigenvalue weighted by atomic mass is 16.5. The summed E-state index contributed by atoms with van der Waals surface area (Å²) in [5, 5.41) is 4.03. The third-order valence-corrected chi connectivity index (χ3v) is 3.81. The predicted octanol–water partition coefficient (Wildman–Crippen LogP) is 2.64. The Morgan fingerprint density at radius 1 is 1.18 bits per heavy atom. The summed E-state index contributed by atoms with van der Waals surface area (Å²) in [4.78, 5) is 16.0. The summed E-state index contributed by atoms with van der Waals surface area (Å²) in [5.41, 5.74) is 0. The Bertz CT molecular complexity index is 403. The number of carbonyl (C=O) groups is 1. The van der Waals surface area contributed by atoms with E-state index >= 15 is 0 Å². The molecule has 0 aromatic carbocycles. The molecule has 0 amide bonds. The minimum Gasteiger partial charge on any atom is -0.339 e. The van der Waals surface area contributed by atoms with Crippen LogP contribution in [0.3, 0.4) is 0 Å². The molecule has 0 atom stereocenters. The smallest absolute Gasteiger partial charge is 0.234 e. The van der Waals surface area contributed by atoms with Crippen molar-refractivity contribution < 1.29 is 9.32 Å². The average Bonchev–Trinajstić information content (AvgIpc) is 3.12. The van der Waals surface area contributed by atoms with Gasteiger partial charge in [-0.3, -0.25) is 4.79 Å². The predicted molar refractivity (Wildman–Crippen MR) is 61.6 cm³/mol. The Morgan fingerprint density at radius 3 is 2.65 bits per heavy atom. The fourth-order valence-electron chi connectivity index (χ4n) is 2.57. The molecular formula is C13H18N2O2. The van der Waals surface area contributed by atoms with Gasteiger partial charge in [-0.2, -0.15) is 4.98 Å². The van der Waals surface area contributed by atoms with Crippen molar-refractivity contribution in [1.29, 1.82) is 0 Å². The molecule has 0 aliphatic heterocycles. The Labute approximate surface area is 101 Å². The first kappa shape index (κ1) is 10.9. The van der Waals surface area contributed by atoms with Crippen LogP contribution in [0, 0.1) is 5.92 Å². The molecule has 0 spiro atoms. The number of nitrogens with zero attached hydrogens (tertiary/aromatic N) is 2. The van der Waals surface area contributed by atoms with Gasteiger partial charge in [0.2, 0.25) is 5.89 Å². The maximum Gasteiger partial charge on any atom is 0.234 e. The van der Waals surface area contributed by atoms with Crippen molar-refractivity contribution >= 4 is 5.78 Å². The molecule has 0 bridgehead atoms. The van der Waals surface area contributed by atoms with E-state index in [0.717, 1.165) is 31.5 Å². The van der Waals surface area contributed by atoms with Crippen LogP contribution in [-0.2, 0) is 11.2 Å². The molecule has 4 nitrogen and oxygen atoms in total. The maximum atomic E-state index is 11.6. The first-order valence-corrected chi connectivity index (χ1v) is 6.68. The van der Waals surface area contributed by atoms with Crippen LogP contribution in [0.4, 0.5) is 0 Å². The van der Waals surface area contributed by atoms with E-state index in [1.807, 2.05) is 0 Å². The van der Waals surface area contributed by atoms with E-state index in [-0.39, 0.29) is 11.7 Å². The lowest BCUT2D eigenvalue weighted by molar-refractivity contribution is -0.119. The zero-order valence-electron chi connectivity index (χ0n) is 10.0. The molecule has 1 heterocycles. The normalized spacial score (nSPS) is 21.6. The van der Waals surface area contributed by atoms with Gasteiger partial charge < -0.3 is 4.52 Å². The van der Waals surface area contributed by atoms with Crippen LogP contribution < -0.4 is 0 Å². The highest BCUT2D eigenvalue weighted by Gasteiger charge is 2.31. The molecule has 0 N–H and O–H groups in total. The second kappa shape index (κ2) is 4.59. The van der Waals surface area contributed by atoms with Crippen molar-refractivity contribution in [2.24, 2.45) is 5.92 Å². The molecule has 2 aliphatic carbocycles. The second-order valence-electron chi connectivity index (χ2n) is 5.30. The quantitative estimate of drug-likeness (QED) is 0.803. The van der Waals surface area contributed by atoms with Gasteiger partial charge in [-0.1, -0.05) is 24.4 Å². The SMILES string of the molecule is O=C(Cc1nc(C2CCCCC2)no1)C1CC1. The molecule has 2 fully saturated rings. The number of hydrogen-bond acceptors (Lipinski definition) is 4. The minimum absolute atomic E-state index is 0.267. The van der Waals surface area contributed by atoms with Crippen molar-refractivity contribution in [3.8, 4) is 0 Å². The number of Topliss-reactive ketones (excluding diaryl/α,β-unsaturated/α-hetero) is 1. The van der Waals surface area contributed by atoms with Crippen molar-refractivity contribution in [3.05, 3.63) is 11.7 Å². The summed E-state index contributed by atoms with van der Waals surface area (Å²) in [6, 6.07) is 0. The molecule has 0 radical (unpaired) electrons. The van der Waals surface area contributed by atoms with Crippen molar-refractivity contribution in [2.45, 2.75) is 57.3 Å². The molecule has 2 aliphatic rings. The van der Waals surface area contributed by atoms with Gasteiger partial charge in [-0.25, -0.2) is 0 Å². The standard InChI is InChI=1S/C13H18N2O2/c16-11(9-6-7-9)8-12-14-13(15-17-12)10-4-2-1-3-5-10/h9-10H,1-8H2. The van der Waals surface area contributed by atoms with E-state index in [9.17, 15) is 4.79 Å². The number of aromatic nitrogens is 2. The fraction of sp³-hybridized carbons (Fsp3) is 0.769. The van der Waals surface area contributed by atoms with E-state index in [4.69, 9.17) is 4.52 Å². The van der Waals surface area contributed by atoms with E-state index < -0.39 is 0 Å². The number of carbonyl (C=O) groups excluding carboxylic acids is 1. The lowest BCUT2D eigenvalue weighted by atomic mass is 9.89. The lowest BCUT2D eigenvalue weighted by Crippen LogP contribution is -2.07. The molecule has 0 unspecified atom stereocenters. The Hall–Kier alpha value is -1.19. The van der Waals surface area contributed by atoms with Crippen LogP contribution in [0.2, 0.25) is 0 Å². The summed E-state index contributed by atoms with van der Waals surface area (Å²) >= 11 is 0. The highest BCUT2D eigenvalue weighted by Crippen LogP contribution is 2.32. The van der Waals surface area contributed by atoms with Crippen LogP contribution in [0.25, 0.3) is 0 Å². The number of hydrogen-bond donors (Lipinski definition) is 0. The summed E-state index contributed by atoms with van der Waals surface area (Å²) in [7, 11) is 0. The van der Waals surface area contributed by atoms with Gasteiger partial charge in [0.1, 0.15) is 5.78 Å². The topological polar surface area (TPSA) is 56.0 Å². The Balaban J connectivity index is 1.62. The van der Waals surface area contributed by atoms with Crippen LogP contribution in [0.15, 0.2) is 4.52 Å². The first-order chi connectivity index (χ1) is 8.33. The fourth-order valence-corrected chi connectivity index (χ4v) is 2.57. The average molecular weight is 234 g/mol. The lowest BCUT2D eigenvalue weighted by Gasteiger charge is -2.17. The molecule has 17 heavy (non-hydrogen) atoms. The Morgan fingerprint density at radius 2 is 1.94 bits per heavy atom. The Kier molecular flexibility index (Phi) is 2.95. The van der Waals surface area contributed by atoms with E-state index in [1.165, 1.54) is 19.3 Å². The summed E-state index contributed by atoms with van der Waals surface area (Å²) in [5.74, 6) is 2.34. The molecule has 1 aromatic rings. The van der Waals surface area contributed by atoms with Crippen molar-refractivity contribution in [1.82, 2.24) is 10.1 Å². The van der Waals surface area contributed by atoms with E-state index in [0.29, 0.717) is 18.2 Å². The van der Waals surface area contributed by atoms with Crippen molar-refractivity contribution in [3.63, 3.8) is 0 Å². The first-order valence-electron chi connectivity index (χ1n) is 6.68. The zero-order valence-corrected chi connectivity index (χ0v) is 10.0. The highest BCUT2D eigenvalue weighted by molar-refractivity contribution is 5.84. The van der Waals surface area contributed by atoms with E-state index in [1.54, 1.807) is 0 Å². The molecular weight excluding hydrogens is 216 g/mol. The summed E-state index contributed by atoms with van der Waals surface area (Å²) in [6.45, 7) is 0. The van der Waals surface area contributed by atoms with E-state index in [2.05, 4.69) is 10.1 Å². The molecule has 3 rings (SSSR count). The van der Waals surface area contributed by atoms with Gasteiger partial charge >= 0.3 is 0 Å². The number of rotatable bonds is 4. The van der Waals surface area contributed by atoms with Gasteiger partial charge in [0.15, 0.2) is 5.82 Å². The summed E-state index contributed by atoms with van der Waals surface area (Å²) in [6.07, 6.45) is 8.59. The van der Waals surface area contributed by atoms with Crippen LogP contribution in [0.5, 0.6) is 0 Å². The minimum atomic E-state index is 0.267. The van der Waals surface area contributed by atoms with Gasteiger partial charge in [-0.15, -0.1) is 0 Å². The van der Waals surface area contributed by atoms with Gasteiger partial charge in [0, 0.05) is 11.8 Å². The van der Waals surface area contributed by atoms with Crippen molar-refractivity contribution in [2.75, 3.05) is 0 Å². The van der Waals surface area contributed by atoms with Gasteiger partial charge in [0.25, 0.3) is 0 Å². The molecule has 2 saturated carbocycles. The maximum absolute atomic E-state index is 11.6. The summed E-state index contributed by atoms with van der Waals surface area (Å²) < 4.78 is 5.18. The second-order valence-corrected chi connectivity index (χ2v) is 5.30. The molecule has 1 aromatic heterocycles. The molecule has 4 heteroatoms. The molecule has 0 saturated heterocycles. The number of ketones is 1. The third kappa shape index (κ3) is 2.56. The molecule has 92 valence electrons. The monoisotopic (exact) mass is 234 g/mol.